The van der Waals surface area contributed by atoms with Crippen molar-refractivity contribution in [3.63, 3.8) is 0 Å². The van der Waals surface area contributed by atoms with E-state index < -0.39 is 5.97 Å². The van der Waals surface area contributed by atoms with Gasteiger partial charge >= 0.3 is 5.97 Å². The highest BCUT2D eigenvalue weighted by molar-refractivity contribution is 5.82. The van der Waals surface area contributed by atoms with Crippen LogP contribution >= 0.6 is 0 Å². The Bertz CT molecular complexity index is 344. The van der Waals surface area contributed by atoms with Gasteiger partial charge in [-0.15, -0.1) is 0 Å². The molecule has 0 aromatic heterocycles. The molecule has 1 saturated carbocycles. The lowest BCUT2D eigenvalue weighted by Gasteiger charge is -2.32. The monoisotopic (exact) mass is 269 g/mol. The predicted molar refractivity (Wildman–Crippen MR) is 69.7 cm³/mol. The van der Waals surface area contributed by atoms with Crippen LogP contribution in [0.4, 0.5) is 0 Å². The van der Waals surface area contributed by atoms with Crippen molar-refractivity contribution >= 4 is 11.9 Å². The van der Waals surface area contributed by atoms with Crippen molar-refractivity contribution < 1.29 is 19.4 Å². The number of hydrogen-bond donors (Lipinski definition) is 1. The Kier molecular flexibility index (Phi) is 4.80. The second-order valence-corrected chi connectivity index (χ2v) is 5.56. The number of ether oxygens (including phenoxy) is 1. The van der Waals surface area contributed by atoms with Crippen molar-refractivity contribution in [2.75, 3.05) is 19.7 Å². The summed E-state index contributed by atoms with van der Waals surface area (Å²) in [6.45, 7) is 4.15. The third-order valence-corrected chi connectivity index (χ3v) is 4.03. The maximum atomic E-state index is 12.3. The molecular formula is C14H23NO4. The summed E-state index contributed by atoms with van der Waals surface area (Å²) >= 11 is 0. The number of carboxylic acids is 1. The van der Waals surface area contributed by atoms with Crippen LogP contribution in [0, 0.1) is 11.8 Å². The molecule has 1 saturated heterocycles. The fraction of sp³-hybridized carbons (Fsp3) is 0.857. The average molecular weight is 269 g/mol. The summed E-state index contributed by atoms with van der Waals surface area (Å²) in [4.78, 5) is 24.8. The summed E-state index contributed by atoms with van der Waals surface area (Å²) in [6, 6.07) is 0. The van der Waals surface area contributed by atoms with Crippen LogP contribution in [0.3, 0.4) is 0 Å². The standard InChI is InChI=1S/C14H23NO4/c1-2-19-12-8-11(12)14(18)15-7-3-4-10(9-15)5-6-13(16)17/h10-12H,2-9H2,1H3,(H,16,17)/t10-,11-,12-/m1/s1. The third-order valence-electron chi connectivity index (χ3n) is 4.03. The molecule has 1 N–H and O–H groups in total. The van der Waals surface area contributed by atoms with Crippen molar-refractivity contribution in [1.82, 2.24) is 4.90 Å². The van der Waals surface area contributed by atoms with E-state index in [2.05, 4.69) is 0 Å². The van der Waals surface area contributed by atoms with Crippen LogP contribution in [0.15, 0.2) is 0 Å². The van der Waals surface area contributed by atoms with E-state index in [0.717, 1.165) is 32.4 Å². The number of piperidine rings is 1. The smallest absolute Gasteiger partial charge is 0.303 e. The molecule has 2 fully saturated rings. The molecule has 0 radical (unpaired) electrons. The van der Waals surface area contributed by atoms with Crippen LogP contribution in [-0.4, -0.2) is 47.7 Å². The molecule has 19 heavy (non-hydrogen) atoms. The number of hydrogen-bond acceptors (Lipinski definition) is 3. The van der Waals surface area contributed by atoms with Crippen molar-refractivity contribution in [2.24, 2.45) is 11.8 Å². The molecule has 0 aromatic rings. The summed E-state index contributed by atoms with van der Waals surface area (Å²) in [5, 5.41) is 8.71. The first-order chi connectivity index (χ1) is 9.11. The van der Waals surface area contributed by atoms with Crippen molar-refractivity contribution in [1.29, 1.82) is 0 Å². The Labute approximate surface area is 113 Å². The Morgan fingerprint density at radius 1 is 1.42 bits per heavy atom. The average Bonchev–Trinajstić information content (AvgIpc) is 3.16. The number of likely N-dealkylation sites (tertiary alicyclic amines) is 1. The highest BCUT2D eigenvalue weighted by atomic mass is 16.5. The number of rotatable bonds is 6. The van der Waals surface area contributed by atoms with E-state index in [1.54, 1.807) is 0 Å². The van der Waals surface area contributed by atoms with Gasteiger partial charge in [0.15, 0.2) is 0 Å². The van der Waals surface area contributed by atoms with Crippen LogP contribution in [-0.2, 0) is 14.3 Å². The van der Waals surface area contributed by atoms with Gasteiger partial charge in [0.1, 0.15) is 0 Å². The summed E-state index contributed by atoms with van der Waals surface area (Å²) in [5.41, 5.74) is 0. The molecule has 1 heterocycles. The van der Waals surface area contributed by atoms with Gasteiger partial charge in [-0.05, 0) is 38.5 Å². The molecule has 0 bridgehead atoms. The molecule has 3 atom stereocenters. The third kappa shape index (κ3) is 3.93. The van der Waals surface area contributed by atoms with Gasteiger partial charge in [-0.3, -0.25) is 9.59 Å². The number of aliphatic carboxylic acids is 1. The van der Waals surface area contributed by atoms with Crippen LogP contribution < -0.4 is 0 Å². The van der Waals surface area contributed by atoms with Gasteiger partial charge in [0.05, 0.1) is 12.0 Å². The minimum absolute atomic E-state index is 0.0539. The fourth-order valence-corrected chi connectivity index (χ4v) is 2.89. The molecule has 5 heteroatoms. The molecule has 2 rings (SSSR count). The molecule has 0 unspecified atom stereocenters. The molecule has 1 amide bonds. The number of amides is 1. The lowest BCUT2D eigenvalue weighted by molar-refractivity contribution is -0.137. The second kappa shape index (κ2) is 6.37. The van der Waals surface area contributed by atoms with Crippen molar-refractivity contribution in [3.05, 3.63) is 0 Å². The van der Waals surface area contributed by atoms with Gasteiger partial charge in [-0.25, -0.2) is 0 Å². The summed E-state index contributed by atoms with van der Waals surface area (Å²) in [7, 11) is 0. The highest BCUT2D eigenvalue weighted by Gasteiger charge is 2.46. The quantitative estimate of drug-likeness (QED) is 0.794. The molecule has 2 aliphatic rings. The number of carbonyl (C=O) groups excluding carboxylic acids is 1. The summed E-state index contributed by atoms with van der Waals surface area (Å²) in [6.07, 6.45) is 3.88. The Morgan fingerprint density at radius 3 is 2.89 bits per heavy atom. The van der Waals surface area contributed by atoms with E-state index in [0.29, 0.717) is 18.9 Å². The van der Waals surface area contributed by atoms with E-state index in [-0.39, 0.29) is 24.3 Å². The largest absolute Gasteiger partial charge is 0.481 e. The van der Waals surface area contributed by atoms with Crippen LogP contribution in [0.1, 0.15) is 39.0 Å². The van der Waals surface area contributed by atoms with E-state index in [4.69, 9.17) is 9.84 Å². The predicted octanol–water partition coefficient (Wildman–Crippen LogP) is 1.51. The van der Waals surface area contributed by atoms with Gasteiger partial charge < -0.3 is 14.7 Å². The molecule has 1 aliphatic heterocycles. The normalized spacial score (nSPS) is 30.2. The van der Waals surface area contributed by atoms with E-state index >= 15 is 0 Å². The minimum Gasteiger partial charge on any atom is -0.481 e. The first-order valence-electron chi connectivity index (χ1n) is 7.24. The fourth-order valence-electron chi connectivity index (χ4n) is 2.89. The zero-order chi connectivity index (χ0) is 13.8. The summed E-state index contributed by atoms with van der Waals surface area (Å²) in [5.74, 6) is -0.142. The second-order valence-electron chi connectivity index (χ2n) is 5.56. The van der Waals surface area contributed by atoms with Gasteiger partial charge in [0, 0.05) is 26.1 Å². The van der Waals surface area contributed by atoms with Gasteiger partial charge in [-0.2, -0.15) is 0 Å². The Balaban J connectivity index is 1.77. The first kappa shape index (κ1) is 14.3. The molecule has 1 aliphatic carbocycles. The molecular weight excluding hydrogens is 246 g/mol. The van der Waals surface area contributed by atoms with Crippen molar-refractivity contribution in [2.45, 2.75) is 45.1 Å². The number of carboxylic acid groups (broad SMARTS) is 1. The number of nitrogens with zero attached hydrogens (tertiary/aromatic N) is 1. The van der Waals surface area contributed by atoms with E-state index in [1.165, 1.54) is 0 Å². The van der Waals surface area contributed by atoms with Crippen LogP contribution in [0.2, 0.25) is 0 Å². The topological polar surface area (TPSA) is 66.8 Å². The Morgan fingerprint density at radius 2 is 2.21 bits per heavy atom. The maximum Gasteiger partial charge on any atom is 0.303 e. The number of carbonyl (C=O) groups is 2. The lowest BCUT2D eigenvalue weighted by Crippen LogP contribution is -2.41. The molecule has 108 valence electrons. The van der Waals surface area contributed by atoms with E-state index in [1.807, 2.05) is 11.8 Å². The Hall–Kier alpha value is -1.10. The molecule has 0 spiro atoms. The zero-order valence-corrected chi connectivity index (χ0v) is 11.5. The zero-order valence-electron chi connectivity index (χ0n) is 11.5. The summed E-state index contributed by atoms with van der Waals surface area (Å²) < 4.78 is 5.46. The lowest BCUT2D eigenvalue weighted by atomic mass is 9.93. The van der Waals surface area contributed by atoms with Gasteiger partial charge in [0.2, 0.25) is 5.91 Å². The first-order valence-corrected chi connectivity index (χ1v) is 7.24. The van der Waals surface area contributed by atoms with Crippen molar-refractivity contribution in [3.8, 4) is 0 Å². The van der Waals surface area contributed by atoms with Gasteiger partial charge in [-0.1, -0.05) is 0 Å². The molecule has 5 nitrogen and oxygen atoms in total. The van der Waals surface area contributed by atoms with Gasteiger partial charge in [0.25, 0.3) is 0 Å². The van der Waals surface area contributed by atoms with E-state index in [9.17, 15) is 9.59 Å². The van der Waals surface area contributed by atoms with Crippen LogP contribution in [0.25, 0.3) is 0 Å². The SMILES string of the molecule is CCO[C@@H]1C[C@H]1C(=O)N1CCC[C@H](CCC(=O)O)C1. The van der Waals surface area contributed by atoms with Crippen LogP contribution in [0.5, 0.6) is 0 Å². The minimum atomic E-state index is -0.748. The maximum absolute atomic E-state index is 12.3. The highest BCUT2D eigenvalue weighted by Crippen LogP contribution is 2.36. The molecule has 0 aromatic carbocycles.